The van der Waals surface area contributed by atoms with Gasteiger partial charge < -0.3 is 5.73 Å². The minimum absolute atomic E-state index is 0.575. The molecule has 0 aliphatic rings. The Morgan fingerprint density at radius 1 is 1.18 bits per heavy atom. The summed E-state index contributed by atoms with van der Waals surface area (Å²) in [4.78, 5) is 2.50. The summed E-state index contributed by atoms with van der Waals surface area (Å²) in [5.74, 6) is 0. The number of nitrogens with zero attached hydrogens (tertiary/aromatic N) is 1. The Hall–Kier alpha value is -1.02. The Labute approximate surface area is 106 Å². The zero-order valence-electron chi connectivity index (χ0n) is 11.4. The molecule has 1 aromatic carbocycles. The molecule has 2 heteroatoms. The highest BCUT2D eigenvalue weighted by atomic mass is 15.1. The molecule has 2 N–H and O–H groups in total. The molecule has 0 radical (unpaired) electrons. The summed E-state index contributed by atoms with van der Waals surface area (Å²) in [6.45, 7) is 8.89. The number of benzene rings is 1. The predicted molar refractivity (Wildman–Crippen MR) is 75.9 cm³/mol. The van der Waals surface area contributed by atoms with E-state index < -0.39 is 0 Å². The lowest BCUT2D eigenvalue weighted by molar-refractivity contribution is 0.209. The number of rotatable bonds is 7. The molecular formula is C15H26N2. The summed E-state index contributed by atoms with van der Waals surface area (Å²) in [7, 11) is 0. The first-order valence-electron chi connectivity index (χ1n) is 6.72. The van der Waals surface area contributed by atoms with Crippen molar-refractivity contribution < 1.29 is 0 Å². The standard InChI is InChI=1S/C15H26N2/c1-4-5-8-11-17(13(2)3)12-14-9-6-7-10-15(14)16/h6-7,9-10,13H,4-5,8,11-12,16H2,1-3H3. The lowest BCUT2D eigenvalue weighted by Gasteiger charge is -2.27. The highest BCUT2D eigenvalue weighted by molar-refractivity contribution is 5.46. The van der Waals surface area contributed by atoms with E-state index in [2.05, 4.69) is 37.8 Å². The molecule has 0 saturated carbocycles. The smallest absolute Gasteiger partial charge is 0.0359 e. The van der Waals surface area contributed by atoms with E-state index in [1.54, 1.807) is 0 Å². The van der Waals surface area contributed by atoms with Gasteiger partial charge in [0.15, 0.2) is 0 Å². The summed E-state index contributed by atoms with van der Waals surface area (Å²) >= 11 is 0. The number of hydrogen-bond donors (Lipinski definition) is 1. The molecule has 0 aliphatic carbocycles. The van der Waals surface area contributed by atoms with Crippen LogP contribution in [0.1, 0.15) is 45.6 Å². The lowest BCUT2D eigenvalue weighted by atomic mass is 10.1. The number of anilines is 1. The van der Waals surface area contributed by atoms with E-state index in [1.165, 1.54) is 31.4 Å². The van der Waals surface area contributed by atoms with Crippen LogP contribution in [0.3, 0.4) is 0 Å². The molecule has 0 atom stereocenters. The van der Waals surface area contributed by atoms with Gasteiger partial charge in [-0.15, -0.1) is 0 Å². The summed E-state index contributed by atoms with van der Waals surface area (Å²) < 4.78 is 0. The lowest BCUT2D eigenvalue weighted by Crippen LogP contribution is -2.31. The fourth-order valence-electron chi connectivity index (χ4n) is 1.98. The number of nitrogen functional groups attached to an aromatic ring is 1. The molecule has 0 saturated heterocycles. The maximum atomic E-state index is 6.00. The minimum atomic E-state index is 0.575. The molecule has 17 heavy (non-hydrogen) atoms. The van der Waals surface area contributed by atoms with Gasteiger partial charge in [0.25, 0.3) is 0 Å². The van der Waals surface area contributed by atoms with E-state index >= 15 is 0 Å². The number of para-hydroxylation sites is 1. The third-order valence-corrected chi connectivity index (χ3v) is 3.21. The first-order chi connectivity index (χ1) is 8.15. The third kappa shape index (κ3) is 4.78. The van der Waals surface area contributed by atoms with Crippen LogP contribution in [0.4, 0.5) is 5.69 Å². The van der Waals surface area contributed by atoms with Gasteiger partial charge in [0.2, 0.25) is 0 Å². The van der Waals surface area contributed by atoms with Gasteiger partial charge in [-0.05, 0) is 38.4 Å². The van der Waals surface area contributed by atoms with Gasteiger partial charge >= 0.3 is 0 Å². The van der Waals surface area contributed by atoms with Crippen LogP contribution in [0.15, 0.2) is 24.3 Å². The molecule has 96 valence electrons. The number of nitrogens with two attached hydrogens (primary N) is 1. The minimum Gasteiger partial charge on any atom is -0.398 e. The Kier molecular flexibility index (Phi) is 6.06. The SMILES string of the molecule is CCCCCN(Cc1ccccc1N)C(C)C. The number of unbranched alkanes of at least 4 members (excludes halogenated alkanes) is 2. The maximum absolute atomic E-state index is 6.00. The first-order valence-corrected chi connectivity index (χ1v) is 6.72. The molecule has 0 amide bonds. The molecule has 0 spiro atoms. The van der Waals surface area contributed by atoms with Crippen molar-refractivity contribution in [2.75, 3.05) is 12.3 Å². The third-order valence-electron chi connectivity index (χ3n) is 3.21. The second kappa shape index (κ2) is 7.33. The van der Waals surface area contributed by atoms with Gasteiger partial charge in [-0.2, -0.15) is 0 Å². The summed E-state index contributed by atoms with van der Waals surface area (Å²) in [6.07, 6.45) is 3.87. The highest BCUT2D eigenvalue weighted by Gasteiger charge is 2.10. The average molecular weight is 234 g/mol. The Balaban J connectivity index is 2.57. The molecule has 1 rings (SSSR count). The Bertz CT molecular complexity index is 320. The Morgan fingerprint density at radius 3 is 2.47 bits per heavy atom. The van der Waals surface area contributed by atoms with Gasteiger partial charge in [-0.25, -0.2) is 0 Å². The zero-order chi connectivity index (χ0) is 12.7. The van der Waals surface area contributed by atoms with E-state index in [9.17, 15) is 0 Å². The molecule has 2 nitrogen and oxygen atoms in total. The summed E-state index contributed by atoms with van der Waals surface area (Å²) in [5.41, 5.74) is 8.16. The monoisotopic (exact) mass is 234 g/mol. The number of hydrogen-bond acceptors (Lipinski definition) is 2. The first kappa shape index (κ1) is 14.0. The molecule has 0 unspecified atom stereocenters. The van der Waals surface area contributed by atoms with Crippen molar-refractivity contribution >= 4 is 5.69 Å². The van der Waals surface area contributed by atoms with Gasteiger partial charge in [0, 0.05) is 18.3 Å². The summed E-state index contributed by atoms with van der Waals surface area (Å²) in [6, 6.07) is 8.75. The van der Waals surface area contributed by atoms with Crippen molar-refractivity contribution in [3.8, 4) is 0 Å². The zero-order valence-corrected chi connectivity index (χ0v) is 11.4. The van der Waals surface area contributed by atoms with E-state index in [0.717, 1.165) is 12.2 Å². The predicted octanol–water partition coefficient (Wildman–Crippen LogP) is 3.67. The van der Waals surface area contributed by atoms with Crippen molar-refractivity contribution in [2.24, 2.45) is 0 Å². The van der Waals surface area contributed by atoms with Gasteiger partial charge in [-0.3, -0.25) is 4.90 Å². The van der Waals surface area contributed by atoms with E-state index in [1.807, 2.05) is 12.1 Å². The molecule has 0 bridgehead atoms. The van der Waals surface area contributed by atoms with Crippen LogP contribution < -0.4 is 5.73 Å². The van der Waals surface area contributed by atoms with E-state index in [0.29, 0.717) is 6.04 Å². The normalized spacial score (nSPS) is 11.4. The van der Waals surface area contributed by atoms with Crippen LogP contribution in [0.5, 0.6) is 0 Å². The van der Waals surface area contributed by atoms with Crippen LogP contribution in [-0.4, -0.2) is 17.5 Å². The molecule has 1 aromatic rings. The average Bonchev–Trinajstić information content (AvgIpc) is 2.30. The van der Waals surface area contributed by atoms with E-state index in [-0.39, 0.29) is 0 Å². The molecule has 0 aliphatic heterocycles. The van der Waals surface area contributed by atoms with Crippen LogP contribution in [0, 0.1) is 0 Å². The fraction of sp³-hybridized carbons (Fsp3) is 0.600. The van der Waals surface area contributed by atoms with Crippen molar-refractivity contribution in [1.82, 2.24) is 4.90 Å². The molecular weight excluding hydrogens is 208 g/mol. The fourth-order valence-corrected chi connectivity index (χ4v) is 1.98. The van der Waals surface area contributed by atoms with Crippen molar-refractivity contribution in [1.29, 1.82) is 0 Å². The van der Waals surface area contributed by atoms with Crippen molar-refractivity contribution in [2.45, 2.75) is 52.6 Å². The van der Waals surface area contributed by atoms with Gasteiger partial charge in [-0.1, -0.05) is 38.0 Å². The largest absolute Gasteiger partial charge is 0.398 e. The molecule has 0 heterocycles. The molecule has 0 aromatic heterocycles. The maximum Gasteiger partial charge on any atom is 0.0359 e. The topological polar surface area (TPSA) is 29.3 Å². The Morgan fingerprint density at radius 2 is 1.88 bits per heavy atom. The van der Waals surface area contributed by atoms with Crippen LogP contribution >= 0.6 is 0 Å². The quantitative estimate of drug-likeness (QED) is 0.576. The van der Waals surface area contributed by atoms with Gasteiger partial charge in [0.05, 0.1) is 0 Å². The van der Waals surface area contributed by atoms with E-state index in [4.69, 9.17) is 5.73 Å². The van der Waals surface area contributed by atoms with Crippen LogP contribution in [0.2, 0.25) is 0 Å². The molecule has 0 fully saturated rings. The summed E-state index contributed by atoms with van der Waals surface area (Å²) in [5, 5.41) is 0. The second-order valence-corrected chi connectivity index (χ2v) is 4.97. The van der Waals surface area contributed by atoms with Crippen molar-refractivity contribution in [3.05, 3.63) is 29.8 Å². The second-order valence-electron chi connectivity index (χ2n) is 4.97. The van der Waals surface area contributed by atoms with Crippen LogP contribution in [-0.2, 0) is 6.54 Å². The van der Waals surface area contributed by atoms with Crippen molar-refractivity contribution in [3.63, 3.8) is 0 Å². The highest BCUT2D eigenvalue weighted by Crippen LogP contribution is 2.15. The van der Waals surface area contributed by atoms with Crippen LogP contribution in [0.25, 0.3) is 0 Å². The van der Waals surface area contributed by atoms with Gasteiger partial charge in [0.1, 0.15) is 0 Å².